The van der Waals surface area contributed by atoms with Crippen molar-refractivity contribution in [3.8, 4) is 21.8 Å². The summed E-state index contributed by atoms with van der Waals surface area (Å²) < 4.78 is 1.78. The summed E-state index contributed by atoms with van der Waals surface area (Å²) in [5.41, 5.74) is 3.11. The molecule has 84 valence electrons. The van der Waals surface area contributed by atoms with Gasteiger partial charge in [0.25, 0.3) is 0 Å². The Balaban J connectivity index is 1.99. The Bertz CT molecular complexity index is 627. The second-order valence-corrected chi connectivity index (χ2v) is 4.53. The van der Waals surface area contributed by atoms with Crippen LogP contribution in [0.1, 0.15) is 0 Å². The summed E-state index contributed by atoms with van der Waals surface area (Å²) in [5.74, 6) is 0. The predicted molar refractivity (Wildman–Crippen MR) is 67.5 cm³/mol. The van der Waals surface area contributed by atoms with Crippen LogP contribution in [-0.2, 0) is 7.05 Å². The Morgan fingerprint density at radius 1 is 1.18 bits per heavy atom. The summed E-state index contributed by atoms with van der Waals surface area (Å²) in [6.07, 6.45) is 7.34. The van der Waals surface area contributed by atoms with Crippen molar-refractivity contribution in [3.05, 3.63) is 42.3 Å². The van der Waals surface area contributed by atoms with E-state index in [1.54, 1.807) is 28.4 Å². The molecule has 0 N–H and O–H groups in total. The first kappa shape index (κ1) is 10.2. The molecule has 0 amide bonds. The molecule has 0 spiro atoms. The lowest BCUT2D eigenvalue weighted by atomic mass is 10.2. The van der Waals surface area contributed by atoms with Gasteiger partial charge in [0.1, 0.15) is 5.01 Å². The minimum Gasteiger partial charge on any atom is -0.275 e. The number of rotatable bonds is 2. The van der Waals surface area contributed by atoms with E-state index in [0.29, 0.717) is 0 Å². The van der Waals surface area contributed by atoms with E-state index in [9.17, 15) is 0 Å². The fourth-order valence-electron chi connectivity index (χ4n) is 1.59. The van der Waals surface area contributed by atoms with E-state index in [1.165, 1.54) is 0 Å². The van der Waals surface area contributed by atoms with Gasteiger partial charge >= 0.3 is 0 Å². The normalized spacial score (nSPS) is 10.6. The van der Waals surface area contributed by atoms with Crippen molar-refractivity contribution < 1.29 is 0 Å². The summed E-state index contributed by atoms with van der Waals surface area (Å²) in [4.78, 5) is 8.60. The molecule has 3 aromatic rings. The summed E-state index contributed by atoms with van der Waals surface area (Å²) in [7, 11) is 1.90. The molecule has 0 saturated heterocycles. The first-order chi connectivity index (χ1) is 8.33. The summed E-state index contributed by atoms with van der Waals surface area (Å²) in [6.45, 7) is 0. The summed E-state index contributed by atoms with van der Waals surface area (Å²) in [6, 6.07) is 3.93. The number of thiazole rings is 1. The van der Waals surface area contributed by atoms with Gasteiger partial charge in [-0.1, -0.05) is 0 Å². The zero-order valence-corrected chi connectivity index (χ0v) is 10.1. The smallest absolute Gasteiger partial charge is 0.124 e. The lowest BCUT2D eigenvalue weighted by Gasteiger charge is -1.93. The fourth-order valence-corrected chi connectivity index (χ4v) is 2.42. The van der Waals surface area contributed by atoms with Gasteiger partial charge in [0.05, 0.1) is 11.9 Å². The van der Waals surface area contributed by atoms with Crippen LogP contribution in [0.4, 0.5) is 0 Å². The third kappa shape index (κ3) is 1.97. The van der Waals surface area contributed by atoms with E-state index in [0.717, 1.165) is 21.8 Å². The Morgan fingerprint density at radius 2 is 2.00 bits per heavy atom. The van der Waals surface area contributed by atoms with Gasteiger partial charge in [-0.3, -0.25) is 9.67 Å². The zero-order chi connectivity index (χ0) is 11.7. The highest BCUT2D eigenvalue weighted by Gasteiger charge is 2.07. The zero-order valence-electron chi connectivity index (χ0n) is 9.24. The second-order valence-electron chi connectivity index (χ2n) is 3.68. The van der Waals surface area contributed by atoms with Crippen LogP contribution >= 0.6 is 11.3 Å². The molecule has 3 rings (SSSR count). The molecular weight excluding hydrogens is 232 g/mol. The molecule has 0 fully saturated rings. The van der Waals surface area contributed by atoms with Gasteiger partial charge in [0, 0.05) is 42.1 Å². The number of hydrogen-bond donors (Lipinski definition) is 0. The van der Waals surface area contributed by atoms with Crippen LogP contribution in [0.25, 0.3) is 21.8 Å². The van der Waals surface area contributed by atoms with Crippen LogP contribution in [0.3, 0.4) is 0 Å². The maximum Gasteiger partial charge on any atom is 0.124 e. The topological polar surface area (TPSA) is 43.6 Å². The Kier molecular flexibility index (Phi) is 2.45. The van der Waals surface area contributed by atoms with Gasteiger partial charge in [-0.2, -0.15) is 5.10 Å². The van der Waals surface area contributed by atoms with Crippen molar-refractivity contribution in [2.75, 3.05) is 0 Å². The average Bonchev–Trinajstić information content (AvgIpc) is 2.98. The molecule has 17 heavy (non-hydrogen) atoms. The molecule has 0 aromatic carbocycles. The van der Waals surface area contributed by atoms with Gasteiger partial charge in [-0.05, 0) is 12.1 Å². The highest BCUT2D eigenvalue weighted by atomic mass is 32.1. The van der Waals surface area contributed by atoms with Crippen molar-refractivity contribution in [2.24, 2.45) is 7.05 Å². The van der Waals surface area contributed by atoms with Gasteiger partial charge < -0.3 is 0 Å². The molecule has 4 nitrogen and oxygen atoms in total. The molecule has 5 heteroatoms. The maximum atomic E-state index is 4.60. The first-order valence-corrected chi connectivity index (χ1v) is 6.06. The molecule has 3 aromatic heterocycles. The predicted octanol–water partition coefficient (Wildman–Crippen LogP) is 2.61. The molecule has 0 aliphatic heterocycles. The third-order valence-electron chi connectivity index (χ3n) is 2.43. The van der Waals surface area contributed by atoms with E-state index in [-0.39, 0.29) is 0 Å². The van der Waals surface area contributed by atoms with Crippen LogP contribution in [0.5, 0.6) is 0 Å². The van der Waals surface area contributed by atoms with E-state index in [1.807, 2.05) is 37.0 Å². The van der Waals surface area contributed by atoms with Crippen molar-refractivity contribution in [1.82, 2.24) is 19.7 Å². The minimum atomic E-state index is 0.968. The number of pyridine rings is 1. The Hall–Kier alpha value is -2.01. The third-order valence-corrected chi connectivity index (χ3v) is 3.32. The Morgan fingerprint density at radius 3 is 2.71 bits per heavy atom. The van der Waals surface area contributed by atoms with Gasteiger partial charge in [0.2, 0.25) is 0 Å². The fraction of sp³-hybridized carbons (Fsp3) is 0.0833. The number of nitrogens with zero attached hydrogens (tertiary/aromatic N) is 4. The number of hydrogen-bond acceptors (Lipinski definition) is 4. The van der Waals surface area contributed by atoms with E-state index >= 15 is 0 Å². The van der Waals surface area contributed by atoms with Gasteiger partial charge in [-0.25, -0.2) is 4.98 Å². The largest absolute Gasteiger partial charge is 0.275 e. The number of aromatic nitrogens is 4. The highest BCUT2D eigenvalue weighted by molar-refractivity contribution is 7.13. The van der Waals surface area contributed by atoms with E-state index in [2.05, 4.69) is 15.1 Å². The molecule has 0 radical (unpaired) electrons. The summed E-state index contributed by atoms with van der Waals surface area (Å²) >= 11 is 1.63. The van der Waals surface area contributed by atoms with Crippen LogP contribution < -0.4 is 0 Å². The van der Waals surface area contributed by atoms with Crippen molar-refractivity contribution in [1.29, 1.82) is 0 Å². The van der Waals surface area contributed by atoms with Crippen LogP contribution in [0.2, 0.25) is 0 Å². The first-order valence-electron chi connectivity index (χ1n) is 5.18. The quantitative estimate of drug-likeness (QED) is 0.693. The molecule has 0 unspecified atom stereocenters. The van der Waals surface area contributed by atoms with Crippen LogP contribution in [0, 0.1) is 0 Å². The van der Waals surface area contributed by atoms with Crippen molar-refractivity contribution >= 4 is 11.3 Å². The lowest BCUT2D eigenvalue weighted by molar-refractivity contribution is 0.768. The molecular formula is C12H10N4S. The average molecular weight is 242 g/mol. The lowest BCUT2D eigenvalue weighted by Crippen LogP contribution is -1.84. The van der Waals surface area contributed by atoms with Gasteiger partial charge in [0.15, 0.2) is 0 Å². The molecule has 3 heterocycles. The van der Waals surface area contributed by atoms with Crippen LogP contribution in [-0.4, -0.2) is 19.7 Å². The SMILES string of the molecule is Cn1cc(-c2csc(-c3ccncc3)n2)cn1. The molecule has 0 aliphatic carbocycles. The highest BCUT2D eigenvalue weighted by Crippen LogP contribution is 2.27. The molecule has 0 atom stereocenters. The monoisotopic (exact) mass is 242 g/mol. The summed E-state index contributed by atoms with van der Waals surface area (Å²) in [5, 5.41) is 7.20. The maximum absolute atomic E-state index is 4.60. The van der Waals surface area contributed by atoms with Gasteiger partial charge in [-0.15, -0.1) is 11.3 Å². The molecule has 0 aliphatic rings. The van der Waals surface area contributed by atoms with Crippen LogP contribution in [0.15, 0.2) is 42.3 Å². The molecule has 0 bridgehead atoms. The second kappa shape index (κ2) is 4.10. The standard InChI is InChI=1S/C12H10N4S/c1-16-7-10(6-14-16)11-8-17-12(15-11)9-2-4-13-5-3-9/h2-8H,1H3. The number of aryl methyl sites for hydroxylation is 1. The molecule has 0 saturated carbocycles. The van der Waals surface area contributed by atoms with E-state index in [4.69, 9.17) is 0 Å². The minimum absolute atomic E-state index is 0.968. The van der Waals surface area contributed by atoms with Crippen molar-refractivity contribution in [3.63, 3.8) is 0 Å². The van der Waals surface area contributed by atoms with E-state index < -0.39 is 0 Å². The van der Waals surface area contributed by atoms with Crippen molar-refractivity contribution in [2.45, 2.75) is 0 Å². The Labute approximate surface area is 103 Å².